The number of nitrogens with one attached hydrogen (secondary N) is 1. The fraction of sp³-hybridized carbons (Fsp3) is 0.222. The van der Waals surface area contributed by atoms with Gasteiger partial charge in [0, 0.05) is 18.7 Å². The Balaban J connectivity index is 2.56. The van der Waals surface area contributed by atoms with Crippen molar-refractivity contribution in [2.24, 2.45) is 5.73 Å². The maximum absolute atomic E-state index is 12.8. The van der Waals surface area contributed by atoms with Crippen molar-refractivity contribution in [1.82, 2.24) is 9.97 Å². The number of benzene rings is 1. The SMILES string of the molecule is NCC(O)c1nc2cc(F)c(F)cc2[nH]1. The van der Waals surface area contributed by atoms with E-state index < -0.39 is 17.7 Å². The van der Waals surface area contributed by atoms with Crippen molar-refractivity contribution >= 4 is 11.0 Å². The molecule has 15 heavy (non-hydrogen) atoms. The summed E-state index contributed by atoms with van der Waals surface area (Å²) < 4.78 is 25.7. The van der Waals surface area contributed by atoms with E-state index in [0.717, 1.165) is 12.1 Å². The third-order valence-electron chi connectivity index (χ3n) is 2.08. The van der Waals surface area contributed by atoms with E-state index in [-0.39, 0.29) is 17.9 Å². The molecular formula is C9H9F2N3O. The first-order chi connectivity index (χ1) is 7.11. The zero-order valence-electron chi connectivity index (χ0n) is 7.67. The van der Waals surface area contributed by atoms with E-state index >= 15 is 0 Å². The molecule has 0 saturated carbocycles. The van der Waals surface area contributed by atoms with Crippen molar-refractivity contribution in [2.75, 3.05) is 6.54 Å². The first-order valence-corrected chi connectivity index (χ1v) is 4.34. The van der Waals surface area contributed by atoms with Gasteiger partial charge in [-0.15, -0.1) is 0 Å². The number of rotatable bonds is 2. The molecule has 80 valence electrons. The number of H-pyrrole nitrogens is 1. The minimum atomic E-state index is -0.970. The number of aromatic nitrogens is 2. The second kappa shape index (κ2) is 3.56. The van der Waals surface area contributed by atoms with Crippen LogP contribution >= 0.6 is 0 Å². The zero-order chi connectivity index (χ0) is 11.0. The van der Waals surface area contributed by atoms with E-state index in [9.17, 15) is 13.9 Å². The number of nitrogens with two attached hydrogens (primary N) is 1. The Bertz CT molecular complexity index is 458. The molecular weight excluding hydrogens is 204 g/mol. The largest absolute Gasteiger partial charge is 0.384 e. The van der Waals surface area contributed by atoms with Crippen LogP contribution in [-0.4, -0.2) is 21.6 Å². The highest BCUT2D eigenvalue weighted by Crippen LogP contribution is 2.18. The van der Waals surface area contributed by atoms with Gasteiger partial charge in [0.15, 0.2) is 11.6 Å². The van der Waals surface area contributed by atoms with E-state index in [4.69, 9.17) is 5.73 Å². The van der Waals surface area contributed by atoms with Crippen molar-refractivity contribution in [3.05, 3.63) is 29.6 Å². The maximum atomic E-state index is 12.8. The Labute approximate surface area is 83.7 Å². The van der Waals surface area contributed by atoms with Crippen LogP contribution in [0.2, 0.25) is 0 Å². The summed E-state index contributed by atoms with van der Waals surface area (Å²) in [6.45, 7) is -0.00914. The first kappa shape index (κ1) is 10.0. The quantitative estimate of drug-likeness (QED) is 0.691. The second-order valence-corrected chi connectivity index (χ2v) is 3.16. The molecule has 2 rings (SSSR count). The van der Waals surface area contributed by atoms with Gasteiger partial charge >= 0.3 is 0 Å². The molecule has 6 heteroatoms. The van der Waals surface area contributed by atoms with Crippen LogP contribution in [0.3, 0.4) is 0 Å². The minimum absolute atomic E-state index is 0.00914. The minimum Gasteiger partial charge on any atom is -0.384 e. The van der Waals surface area contributed by atoms with E-state index in [0.29, 0.717) is 5.52 Å². The Morgan fingerprint density at radius 1 is 1.40 bits per heavy atom. The Kier molecular flexibility index (Phi) is 2.37. The summed E-state index contributed by atoms with van der Waals surface area (Å²) in [6.07, 6.45) is -0.955. The lowest BCUT2D eigenvalue weighted by atomic mass is 10.3. The lowest BCUT2D eigenvalue weighted by Crippen LogP contribution is -2.12. The number of aliphatic hydroxyl groups excluding tert-OH is 1. The highest BCUT2D eigenvalue weighted by atomic mass is 19.2. The average Bonchev–Trinajstić information content (AvgIpc) is 2.60. The molecule has 0 saturated heterocycles. The van der Waals surface area contributed by atoms with Gasteiger partial charge in [0.1, 0.15) is 11.9 Å². The molecule has 0 spiro atoms. The molecule has 4 N–H and O–H groups in total. The van der Waals surface area contributed by atoms with Crippen molar-refractivity contribution in [3.8, 4) is 0 Å². The molecule has 0 bridgehead atoms. The van der Waals surface area contributed by atoms with Gasteiger partial charge in [0.2, 0.25) is 0 Å². The topological polar surface area (TPSA) is 74.9 Å². The molecule has 0 aliphatic rings. The van der Waals surface area contributed by atoms with Gasteiger partial charge in [-0.25, -0.2) is 13.8 Å². The van der Waals surface area contributed by atoms with E-state index in [1.54, 1.807) is 0 Å². The fourth-order valence-corrected chi connectivity index (χ4v) is 1.29. The van der Waals surface area contributed by atoms with Gasteiger partial charge in [0.05, 0.1) is 11.0 Å². The smallest absolute Gasteiger partial charge is 0.161 e. The van der Waals surface area contributed by atoms with Crippen molar-refractivity contribution < 1.29 is 13.9 Å². The van der Waals surface area contributed by atoms with Crippen LogP contribution in [0.1, 0.15) is 11.9 Å². The molecule has 2 aromatic rings. The van der Waals surface area contributed by atoms with Crippen LogP contribution in [0.4, 0.5) is 8.78 Å². The monoisotopic (exact) mass is 213 g/mol. The highest BCUT2D eigenvalue weighted by Gasteiger charge is 2.12. The number of aromatic amines is 1. The first-order valence-electron chi connectivity index (χ1n) is 4.34. The lowest BCUT2D eigenvalue weighted by molar-refractivity contribution is 0.178. The standard InChI is InChI=1S/C9H9F2N3O/c10-4-1-6-7(2-5(4)11)14-9(13-6)8(15)3-12/h1-2,8,15H,3,12H2,(H,13,14). The molecule has 0 fully saturated rings. The summed E-state index contributed by atoms with van der Waals surface area (Å²) in [5.74, 6) is -1.72. The molecule has 0 radical (unpaired) electrons. The van der Waals surface area contributed by atoms with Crippen LogP contribution < -0.4 is 5.73 Å². The number of fused-ring (bicyclic) bond motifs is 1. The van der Waals surface area contributed by atoms with Crippen LogP contribution in [0.5, 0.6) is 0 Å². The number of hydrogen-bond acceptors (Lipinski definition) is 3. The number of nitrogens with zero attached hydrogens (tertiary/aromatic N) is 1. The van der Waals surface area contributed by atoms with E-state index in [2.05, 4.69) is 9.97 Å². The van der Waals surface area contributed by atoms with Gasteiger partial charge < -0.3 is 15.8 Å². The predicted molar refractivity (Wildman–Crippen MR) is 50.0 cm³/mol. The number of hydrogen-bond donors (Lipinski definition) is 3. The van der Waals surface area contributed by atoms with Crippen molar-refractivity contribution in [2.45, 2.75) is 6.10 Å². The van der Waals surface area contributed by atoms with Gasteiger partial charge in [-0.05, 0) is 0 Å². The highest BCUT2D eigenvalue weighted by molar-refractivity contribution is 5.75. The van der Waals surface area contributed by atoms with Crippen LogP contribution in [0.15, 0.2) is 12.1 Å². The molecule has 0 aliphatic carbocycles. The summed E-state index contributed by atoms with van der Waals surface area (Å²) in [5.41, 5.74) is 5.82. The number of aliphatic hydroxyl groups is 1. The normalized spacial score (nSPS) is 13.3. The van der Waals surface area contributed by atoms with Crippen molar-refractivity contribution in [3.63, 3.8) is 0 Å². The van der Waals surface area contributed by atoms with Crippen LogP contribution in [0, 0.1) is 11.6 Å². The van der Waals surface area contributed by atoms with Gasteiger partial charge in [-0.2, -0.15) is 0 Å². The van der Waals surface area contributed by atoms with Crippen LogP contribution in [-0.2, 0) is 0 Å². The molecule has 1 aromatic heterocycles. The van der Waals surface area contributed by atoms with Gasteiger partial charge in [0.25, 0.3) is 0 Å². The Hall–Kier alpha value is -1.53. The average molecular weight is 213 g/mol. The van der Waals surface area contributed by atoms with Crippen LogP contribution in [0.25, 0.3) is 11.0 Å². The third-order valence-corrected chi connectivity index (χ3v) is 2.08. The Morgan fingerprint density at radius 3 is 2.73 bits per heavy atom. The molecule has 0 aliphatic heterocycles. The molecule has 1 unspecified atom stereocenters. The van der Waals surface area contributed by atoms with Gasteiger partial charge in [-0.1, -0.05) is 0 Å². The second-order valence-electron chi connectivity index (χ2n) is 3.16. The molecule has 4 nitrogen and oxygen atoms in total. The predicted octanol–water partition coefficient (Wildman–Crippen LogP) is 0.833. The molecule has 0 amide bonds. The number of imidazole rings is 1. The molecule has 1 atom stereocenters. The summed E-state index contributed by atoms with van der Waals surface area (Å²) in [4.78, 5) is 6.56. The summed E-state index contributed by atoms with van der Waals surface area (Å²) >= 11 is 0. The van der Waals surface area contributed by atoms with E-state index in [1.165, 1.54) is 0 Å². The van der Waals surface area contributed by atoms with Crippen molar-refractivity contribution in [1.29, 1.82) is 0 Å². The summed E-state index contributed by atoms with van der Waals surface area (Å²) in [6, 6.07) is 1.96. The zero-order valence-corrected chi connectivity index (χ0v) is 7.67. The lowest BCUT2D eigenvalue weighted by Gasteiger charge is -2.00. The molecule has 1 aromatic carbocycles. The number of halogens is 2. The summed E-state index contributed by atoms with van der Waals surface area (Å²) in [5, 5.41) is 9.36. The Morgan fingerprint density at radius 2 is 2.07 bits per heavy atom. The maximum Gasteiger partial charge on any atom is 0.161 e. The summed E-state index contributed by atoms with van der Waals surface area (Å²) in [7, 11) is 0. The fourth-order valence-electron chi connectivity index (χ4n) is 1.29. The third kappa shape index (κ3) is 1.69. The van der Waals surface area contributed by atoms with E-state index in [1.807, 2.05) is 0 Å². The van der Waals surface area contributed by atoms with Gasteiger partial charge in [-0.3, -0.25) is 0 Å². The molecule has 1 heterocycles.